The number of rotatable bonds is 9. The third-order valence-electron chi connectivity index (χ3n) is 10.7. The van der Waals surface area contributed by atoms with Crippen LogP contribution in [0, 0.1) is 5.82 Å². The van der Waals surface area contributed by atoms with Crippen molar-refractivity contribution in [2.45, 2.75) is 31.7 Å². The maximum Gasteiger partial charge on any atom is 0.256 e. The molecule has 2 aromatic heterocycles. The number of amides is 1. The molecular formula is C38H41FN6O4. The molecule has 2 fully saturated rings. The van der Waals surface area contributed by atoms with Crippen molar-refractivity contribution in [3.05, 3.63) is 80.5 Å². The van der Waals surface area contributed by atoms with Crippen LogP contribution in [0.5, 0.6) is 0 Å². The minimum absolute atomic E-state index is 0.0567. The van der Waals surface area contributed by atoms with Gasteiger partial charge in [-0.15, -0.1) is 0 Å². The molecule has 49 heavy (non-hydrogen) atoms. The van der Waals surface area contributed by atoms with Gasteiger partial charge in [0.25, 0.3) is 5.91 Å². The highest BCUT2D eigenvalue weighted by Gasteiger charge is 2.25. The van der Waals surface area contributed by atoms with Crippen molar-refractivity contribution in [2.24, 2.45) is 0 Å². The summed E-state index contributed by atoms with van der Waals surface area (Å²) in [6, 6.07) is 12.6. The van der Waals surface area contributed by atoms with Crippen LogP contribution in [0.4, 0.5) is 10.1 Å². The van der Waals surface area contributed by atoms with Gasteiger partial charge in [0.2, 0.25) is 5.43 Å². The number of benzene rings is 3. The standard InChI is InChI=1S/C38H41FN6O4/c1-42-15-17-44(18-16-42)14-6-11-41-38(48)29-22-45-31-20-26-24-8-3-4-9-25(24)35(46)27(26)21-32(31)49-37-33(30(39)19-28(34(37)45)36(29)47)40-12-10-23-7-5-13-43(23)2/h3-4,8-9,19-23,40H,5-7,10-18H2,1-2H3,(H,41,48). The van der Waals surface area contributed by atoms with Crippen molar-refractivity contribution < 1.29 is 13.6 Å². The topological polar surface area (TPSA) is 103 Å². The molecule has 1 unspecified atom stereocenters. The minimum Gasteiger partial charge on any atom is -0.451 e. The monoisotopic (exact) mass is 664 g/mol. The second kappa shape index (κ2) is 12.7. The van der Waals surface area contributed by atoms with Gasteiger partial charge in [0.1, 0.15) is 16.8 Å². The van der Waals surface area contributed by atoms with E-state index in [9.17, 15) is 14.4 Å². The Kier molecular flexibility index (Phi) is 8.21. The number of hydrogen-bond acceptors (Lipinski definition) is 8. The first kappa shape index (κ1) is 31.7. The Hall–Kier alpha value is -4.58. The summed E-state index contributed by atoms with van der Waals surface area (Å²) in [6.07, 6.45) is 5.34. The molecule has 2 saturated heterocycles. The van der Waals surface area contributed by atoms with E-state index in [1.54, 1.807) is 16.5 Å². The molecule has 4 heterocycles. The first-order valence-electron chi connectivity index (χ1n) is 17.3. The lowest BCUT2D eigenvalue weighted by molar-refractivity contribution is 0.0948. The largest absolute Gasteiger partial charge is 0.451 e. The van der Waals surface area contributed by atoms with Gasteiger partial charge in [-0.25, -0.2) is 4.39 Å². The number of carbonyl (C=O) groups is 1. The van der Waals surface area contributed by atoms with Crippen molar-refractivity contribution in [3.63, 3.8) is 0 Å². The average Bonchev–Trinajstić information content (AvgIpc) is 3.64. The van der Waals surface area contributed by atoms with Gasteiger partial charge in [-0.3, -0.25) is 14.4 Å². The van der Waals surface area contributed by atoms with Crippen LogP contribution in [-0.2, 0) is 0 Å². The summed E-state index contributed by atoms with van der Waals surface area (Å²) >= 11 is 0. The fourth-order valence-electron chi connectivity index (χ4n) is 7.84. The number of aromatic nitrogens is 1. The highest BCUT2D eigenvalue weighted by molar-refractivity contribution is 6.15. The van der Waals surface area contributed by atoms with Crippen LogP contribution >= 0.6 is 0 Å². The van der Waals surface area contributed by atoms with Gasteiger partial charge in [0, 0.05) is 62.3 Å². The molecule has 0 saturated carbocycles. The van der Waals surface area contributed by atoms with E-state index in [1.165, 1.54) is 12.3 Å². The van der Waals surface area contributed by atoms with Crippen molar-refractivity contribution in [1.29, 1.82) is 0 Å². The van der Waals surface area contributed by atoms with E-state index in [2.05, 4.69) is 39.4 Å². The van der Waals surface area contributed by atoms with Crippen molar-refractivity contribution in [3.8, 4) is 0 Å². The summed E-state index contributed by atoms with van der Waals surface area (Å²) in [5, 5.41) is 8.90. The second-order valence-electron chi connectivity index (χ2n) is 13.8. The summed E-state index contributed by atoms with van der Waals surface area (Å²) in [6.45, 7) is 6.84. The lowest BCUT2D eigenvalue weighted by Crippen LogP contribution is -2.45. The first-order chi connectivity index (χ1) is 23.8. The maximum absolute atomic E-state index is 16.0. The molecule has 6 aromatic rings. The molecule has 1 amide bonds. The van der Waals surface area contributed by atoms with Gasteiger partial charge in [-0.2, -0.15) is 0 Å². The predicted octanol–water partition coefficient (Wildman–Crippen LogP) is 4.71. The summed E-state index contributed by atoms with van der Waals surface area (Å²) in [5.74, 6) is -1.14. The predicted molar refractivity (Wildman–Crippen MR) is 193 cm³/mol. The zero-order chi connectivity index (χ0) is 33.8. The maximum atomic E-state index is 16.0. The molecule has 254 valence electrons. The Morgan fingerprint density at radius 3 is 2.49 bits per heavy atom. The normalized spacial score (nSPS) is 18.1. The number of piperazine rings is 1. The fourth-order valence-corrected chi connectivity index (χ4v) is 7.84. The molecule has 0 aliphatic carbocycles. The van der Waals surface area contributed by atoms with Crippen molar-refractivity contribution in [1.82, 2.24) is 24.4 Å². The number of fused-ring (bicyclic) bond motifs is 5. The molecule has 8 rings (SSSR count). The number of pyridine rings is 1. The van der Waals surface area contributed by atoms with Crippen LogP contribution in [0.2, 0.25) is 0 Å². The number of anilines is 1. The Bertz CT molecular complexity index is 2340. The molecule has 2 N–H and O–H groups in total. The zero-order valence-corrected chi connectivity index (χ0v) is 28.0. The lowest BCUT2D eigenvalue weighted by atomic mass is 10.1. The molecular weight excluding hydrogens is 623 g/mol. The third-order valence-corrected chi connectivity index (χ3v) is 10.7. The van der Waals surface area contributed by atoms with Gasteiger partial charge < -0.3 is 34.2 Å². The summed E-state index contributed by atoms with van der Waals surface area (Å²) in [4.78, 5) is 47.9. The highest BCUT2D eigenvalue weighted by atomic mass is 19.1. The third kappa shape index (κ3) is 5.59. The van der Waals surface area contributed by atoms with E-state index < -0.39 is 17.2 Å². The fraction of sp³-hybridized carbons (Fsp3) is 0.395. The van der Waals surface area contributed by atoms with Crippen LogP contribution < -0.4 is 21.5 Å². The SMILES string of the molecule is CN1CCN(CCCNC(=O)c2cn3c4cc5c(cc4oc4c(NCCC6CCCN6C)c(F)cc(c2=O)c43)c(=O)c2ccccc25)CC1. The second-order valence-corrected chi connectivity index (χ2v) is 13.8. The van der Waals surface area contributed by atoms with Gasteiger partial charge in [-0.05, 0) is 81.8 Å². The number of hydrogen-bond donors (Lipinski definition) is 2. The van der Waals surface area contributed by atoms with E-state index in [4.69, 9.17) is 4.42 Å². The molecule has 1 atom stereocenters. The van der Waals surface area contributed by atoms with E-state index in [1.807, 2.05) is 24.3 Å². The lowest BCUT2D eigenvalue weighted by Gasteiger charge is -2.32. The zero-order valence-electron chi connectivity index (χ0n) is 28.0. The minimum atomic E-state index is -0.635. The highest BCUT2D eigenvalue weighted by Crippen LogP contribution is 2.36. The molecule has 2 aliphatic heterocycles. The molecule has 0 spiro atoms. The number of likely N-dealkylation sites (tertiary alicyclic amines) is 1. The average molecular weight is 665 g/mol. The first-order valence-corrected chi connectivity index (χ1v) is 17.3. The van der Waals surface area contributed by atoms with Crippen LogP contribution in [-0.4, -0.2) is 97.5 Å². The van der Waals surface area contributed by atoms with E-state index in [0.717, 1.165) is 75.7 Å². The van der Waals surface area contributed by atoms with Gasteiger partial charge in [0.05, 0.1) is 10.9 Å². The number of likely N-dealkylation sites (N-methyl/N-ethyl adjacent to an activating group) is 1. The van der Waals surface area contributed by atoms with Crippen LogP contribution in [0.25, 0.3) is 49.1 Å². The van der Waals surface area contributed by atoms with Gasteiger partial charge in [-0.1, -0.05) is 24.3 Å². The number of nitrogens with one attached hydrogen (secondary N) is 2. The number of carbonyl (C=O) groups excluding carboxylic acids is 1. The smallest absolute Gasteiger partial charge is 0.256 e. The Morgan fingerprint density at radius 2 is 1.71 bits per heavy atom. The Labute approximate surface area is 282 Å². The van der Waals surface area contributed by atoms with E-state index >= 15 is 4.39 Å². The van der Waals surface area contributed by atoms with Crippen LogP contribution in [0.15, 0.2) is 62.7 Å². The van der Waals surface area contributed by atoms with E-state index in [-0.39, 0.29) is 27.6 Å². The Morgan fingerprint density at radius 1 is 0.918 bits per heavy atom. The van der Waals surface area contributed by atoms with Crippen LogP contribution in [0.3, 0.4) is 0 Å². The molecule has 0 bridgehead atoms. The van der Waals surface area contributed by atoms with Crippen molar-refractivity contribution in [2.75, 3.05) is 71.8 Å². The Balaban J connectivity index is 1.22. The molecule has 4 aromatic carbocycles. The molecule has 2 aliphatic rings. The van der Waals surface area contributed by atoms with Gasteiger partial charge in [0.15, 0.2) is 22.4 Å². The quantitative estimate of drug-likeness (QED) is 0.130. The summed E-state index contributed by atoms with van der Waals surface area (Å²) in [5.41, 5.74) is 0.870. The van der Waals surface area contributed by atoms with Crippen molar-refractivity contribution >= 4 is 60.7 Å². The van der Waals surface area contributed by atoms with E-state index in [0.29, 0.717) is 46.5 Å². The van der Waals surface area contributed by atoms with Gasteiger partial charge >= 0.3 is 0 Å². The summed E-state index contributed by atoms with van der Waals surface area (Å²) < 4.78 is 24.2. The number of nitrogens with zero attached hydrogens (tertiary/aromatic N) is 4. The number of halogens is 1. The molecule has 10 nitrogen and oxygen atoms in total. The summed E-state index contributed by atoms with van der Waals surface area (Å²) in [7, 11) is 4.22. The molecule has 0 radical (unpaired) electrons. The van der Waals surface area contributed by atoms with Crippen LogP contribution in [0.1, 0.15) is 36.0 Å². The molecule has 11 heteroatoms.